The van der Waals surface area contributed by atoms with E-state index in [-0.39, 0.29) is 17.9 Å². The first-order valence-corrected chi connectivity index (χ1v) is 11.0. The molecule has 5 rings (SSSR count). The molecule has 33 heavy (non-hydrogen) atoms. The molecule has 2 aliphatic rings. The van der Waals surface area contributed by atoms with Gasteiger partial charge < -0.3 is 4.90 Å². The molecule has 1 N–H and O–H groups in total. The number of carbonyl (C=O) groups excluding carboxylic acids is 1. The fraction of sp³-hybridized carbons (Fsp3) is 0.208. The SMILES string of the molecule is N#CNC(=Nc1cnc2ccccc2c1)N1CC(N2CCCC2=O)C(c2ccc(Cl)cc2)=N1. The molecular formula is C24H20ClN7O. The third-order valence-electron chi connectivity index (χ3n) is 5.74. The van der Waals surface area contributed by atoms with Gasteiger partial charge in [-0.1, -0.05) is 41.9 Å². The number of guanidine groups is 1. The van der Waals surface area contributed by atoms with Crippen molar-refractivity contribution in [3.05, 3.63) is 71.4 Å². The third-order valence-corrected chi connectivity index (χ3v) is 5.99. The summed E-state index contributed by atoms with van der Waals surface area (Å²) in [5.41, 5.74) is 3.07. The van der Waals surface area contributed by atoms with Crippen molar-refractivity contribution in [3.8, 4) is 6.19 Å². The standard InChI is InChI=1S/C24H20ClN7O/c25-18-9-7-16(8-10-18)23-21(31-11-3-6-22(31)33)14-32(30-23)24(28-15-26)29-19-12-17-4-1-2-5-20(17)27-13-19/h1-2,4-5,7-10,12-13,21H,3,6,11,14H2,(H,28,29). The highest BCUT2D eigenvalue weighted by molar-refractivity contribution is 6.30. The number of benzene rings is 2. The van der Waals surface area contributed by atoms with Crippen LogP contribution in [0.4, 0.5) is 5.69 Å². The van der Waals surface area contributed by atoms with Crippen LogP contribution >= 0.6 is 11.6 Å². The van der Waals surface area contributed by atoms with Crippen molar-refractivity contribution in [2.24, 2.45) is 10.1 Å². The van der Waals surface area contributed by atoms with Crippen LogP contribution in [0.15, 0.2) is 70.9 Å². The topological polar surface area (TPSA) is 97.0 Å². The van der Waals surface area contributed by atoms with E-state index in [1.165, 1.54) is 0 Å². The predicted molar refractivity (Wildman–Crippen MR) is 127 cm³/mol. The smallest absolute Gasteiger partial charge is 0.233 e. The van der Waals surface area contributed by atoms with Gasteiger partial charge in [-0.3, -0.25) is 15.1 Å². The maximum atomic E-state index is 12.5. The summed E-state index contributed by atoms with van der Waals surface area (Å²) in [6.07, 6.45) is 4.96. The number of nitrogens with zero attached hydrogens (tertiary/aromatic N) is 6. The fourth-order valence-corrected chi connectivity index (χ4v) is 4.31. The lowest BCUT2D eigenvalue weighted by atomic mass is 10.0. The number of hydrazone groups is 1. The average molecular weight is 458 g/mol. The molecule has 0 aliphatic carbocycles. The first-order chi connectivity index (χ1) is 16.1. The number of hydrogen-bond acceptors (Lipinski definition) is 5. The number of rotatable bonds is 3. The number of para-hydroxylation sites is 1. The molecule has 1 atom stereocenters. The van der Waals surface area contributed by atoms with E-state index in [1.807, 2.05) is 53.6 Å². The van der Waals surface area contributed by atoms with Crippen molar-refractivity contribution in [3.63, 3.8) is 0 Å². The largest absolute Gasteiger partial charge is 0.332 e. The van der Waals surface area contributed by atoms with Gasteiger partial charge in [-0.2, -0.15) is 10.4 Å². The molecule has 3 aromatic rings. The minimum atomic E-state index is -0.249. The summed E-state index contributed by atoms with van der Waals surface area (Å²) in [6.45, 7) is 1.06. The summed E-state index contributed by atoms with van der Waals surface area (Å²) < 4.78 is 0. The highest BCUT2D eigenvalue weighted by Crippen LogP contribution is 2.25. The molecule has 3 heterocycles. The molecule has 1 aromatic heterocycles. The number of likely N-dealkylation sites (tertiary alicyclic amines) is 1. The van der Waals surface area contributed by atoms with E-state index >= 15 is 0 Å². The van der Waals surface area contributed by atoms with Crippen LogP contribution in [0.5, 0.6) is 0 Å². The molecule has 9 heteroatoms. The Labute approximate surface area is 195 Å². The van der Waals surface area contributed by atoms with Gasteiger partial charge in [0.2, 0.25) is 11.9 Å². The number of halogens is 1. The average Bonchev–Trinajstić information content (AvgIpc) is 3.45. The number of amides is 1. The number of pyridine rings is 1. The number of hydrogen-bond donors (Lipinski definition) is 1. The number of carbonyl (C=O) groups is 1. The number of aromatic nitrogens is 1. The second-order valence-corrected chi connectivity index (χ2v) is 8.28. The summed E-state index contributed by atoms with van der Waals surface area (Å²) in [5.74, 6) is 0.379. The molecule has 1 amide bonds. The van der Waals surface area contributed by atoms with Crippen molar-refractivity contribution < 1.29 is 4.79 Å². The van der Waals surface area contributed by atoms with E-state index < -0.39 is 0 Å². The molecule has 0 spiro atoms. The van der Waals surface area contributed by atoms with Crippen molar-refractivity contribution in [1.82, 2.24) is 20.2 Å². The van der Waals surface area contributed by atoms with Crippen LogP contribution in [0.1, 0.15) is 18.4 Å². The zero-order valence-corrected chi connectivity index (χ0v) is 18.4. The van der Waals surface area contributed by atoms with Crippen LogP contribution in [0.2, 0.25) is 5.02 Å². The van der Waals surface area contributed by atoms with Crippen LogP contribution in [-0.4, -0.2) is 51.6 Å². The monoisotopic (exact) mass is 457 g/mol. The van der Waals surface area contributed by atoms with Crippen LogP contribution in [-0.2, 0) is 4.79 Å². The Balaban J connectivity index is 1.53. The number of nitriles is 1. The zero-order chi connectivity index (χ0) is 22.8. The van der Waals surface area contributed by atoms with Crippen molar-refractivity contribution in [2.75, 3.05) is 13.1 Å². The van der Waals surface area contributed by atoms with Crippen molar-refractivity contribution in [1.29, 1.82) is 5.26 Å². The maximum absolute atomic E-state index is 12.5. The van der Waals surface area contributed by atoms with E-state index in [4.69, 9.17) is 16.7 Å². The number of aliphatic imine (C=N–C) groups is 1. The normalized spacial score (nSPS) is 18.5. The van der Waals surface area contributed by atoms with Crippen LogP contribution < -0.4 is 5.32 Å². The van der Waals surface area contributed by atoms with E-state index in [1.54, 1.807) is 23.3 Å². The lowest BCUT2D eigenvalue weighted by Crippen LogP contribution is -2.45. The highest BCUT2D eigenvalue weighted by atomic mass is 35.5. The van der Waals surface area contributed by atoms with Gasteiger partial charge in [-0.15, -0.1) is 0 Å². The molecule has 0 bridgehead atoms. The van der Waals surface area contributed by atoms with Crippen LogP contribution in [0.3, 0.4) is 0 Å². The van der Waals surface area contributed by atoms with Gasteiger partial charge in [0, 0.05) is 28.9 Å². The molecule has 1 saturated heterocycles. The van der Waals surface area contributed by atoms with Gasteiger partial charge in [-0.05, 0) is 30.7 Å². The van der Waals surface area contributed by atoms with Gasteiger partial charge in [0.15, 0.2) is 6.19 Å². The van der Waals surface area contributed by atoms with Crippen LogP contribution in [0.25, 0.3) is 10.9 Å². The summed E-state index contributed by atoms with van der Waals surface area (Å²) in [5, 5.41) is 20.0. The minimum absolute atomic E-state index is 0.106. The summed E-state index contributed by atoms with van der Waals surface area (Å²) in [7, 11) is 0. The Morgan fingerprint density at radius 2 is 2.03 bits per heavy atom. The quantitative estimate of drug-likeness (QED) is 0.280. The molecular weight excluding hydrogens is 438 g/mol. The Hall–Kier alpha value is -3.96. The third kappa shape index (κ3) is 4.23. The lowest BCUT2D eigenvalue weighted by molar-refractivity contribution is -0.128. The van der Waals surface area contributed by atoms with Gasteiger partial charge in [-0.25, -0.2) is 10.0 Å². The van der Waals surface area contributed by atoms with Crippen molar-refractivity contribution in [2.45, 2.75) is 18.9 Å². The summed E-state index contributed by atoms with van der Waals surface area (Å²) in [6, 6.07) is 16.8. The molecule has 164 valence electrons. The first-order valence-electron chi connectivity index (χ1n) is 10.6. The van der Waals surface area contributed by atoms with Crippen LogP contribution in [0, 0.1) is 11.5 Å². The van der Waals surface area contributed by atoms with Gasteiger partial charge in [0.05, 0.1) is 35.7 Å². The van der Waals surface area contributed by atoms with Crippen molar-refractivity contribution >= 4 is 45.8 Å². The summed E-state index contributed by atoms with van der Waals surface area (Å²) in [4.78, 5) is 23.5. The fourth-order valence-electron chi connectivity index (χ4n) is 4.18. The minimum Gasteiger partial charge on any atom is -0.332 e. The van der Waals surface area contributed by atoms with E-state index in [0.717, 1.165) is 28.6 Å². The molecule has 0 saturated carbocycles. The van der Waals surface area contributed by atoms with E-state index in [2.05, 4.69) is 15.3 Å². The Morgan fingerprint density at radius 1 is 1.21 bits per heavy atom. The molecule has 2 aliphatic heterocycles. The zero-order valence-electron chi connectivity index (χ0n) is 17.6. The number of nitrogens with one attached hydrogen (secondary N) is 1. The molecule has 1 unspecified atom stereocenters. The highest BCUT2D eigenvalue weighted by Gasteiger charge is 2.38. The summed E-state index contributed by atoms with van der Waals surface area (Å²) >= 11 is 6.07. The molecule has 8 nitrogen and oxygen atoms in total. The number of fused-ring (bicyclic) bond motifs is 1. The molecule has 2 aromatic carbocycles. The molecule has 1 fully saturated rings. The Bertz CT molecular complexity index is 1310. The second-order valence-electron chi connectivity index (χ2n) is 7.84. The predicted octanol–water partition coefficient (Wildman–Crippen LogP) is 3.66. The van der Waals surface area contributed by atoms with Gasteiger partial charge in [0.1, 0.15) is 0 Å². The Morgan fingerprint density at radius 3 is 2.79 bits per heavy atom. The second kappa shape index (κ2) is 8.88. The molecule has 0 radical (unpaired) electrons. The Kier molecular flexibility index (Phi) is 5.63. The van der Waals surface area contributed by atoms with E-state index in [9.17, 15) is 10.1 Å². The van der Waals surface area contributed by atoms with Gasteiger partial charge >= 0.3 is 0 Å². The lowest BCUT2D eigenvalue weighted by Gasteiger charge is -2.25. The van der Waals surface area contributed by atoms with Gasteiger partial charge in [0.25, 0.3) is 0 Å². The maximum Gasteiger partial charge on any atom is 0.233 e. The van der Waals surface area contributed by atoms with E-state index in [0.29, 0.717) is 30.2 Å². The first kappa shape index (κ1) is 20.9.